The maximum absolute atomic E-state index is 12.9. The molecule has 24 heavy (non-hydrogen) atoms. The van der Waals surface area contributed by atoms with Crippen molar-refractivity contribution in [1.82, 2.24) is 20.1 Å². The average Bonchev–Trinajstić information content (AvgIpc) is 3.36. The van der Waals surface area contributed by atoms with Crippen molar-refractivity contribution in [3.8, 4) is 11.3 Å². The third-order valence-electron chi connectivity index (χ3n) is 4.23. The van der Waals surface area contributed by atoms with Gasteiger partial charge in [-0.3, -0.25) is 14.9 Å². The van der Waals surface area contributed by atoms with Gasteiger partial charge in [0.2, 0.25) is 0 Å². The second-order valence-corrected chi connectivity index (χ2v) is 6.05. The predicted molar refractivity (Wildman–Crippen MR) is 91.2 cm³/mol. The molecule has 1 N–H and O–H groups in total. The normalized spacial score (nSPS) is 13.7. The van der Waals surface area contributed by atoms with Gasteiger partial charge >= 0.3 is 0 Å². The Morgan fingerprint density at radius 3 is 2.58 bits per heavy atom. The molecule has 2 aromatic heterocycles. The number of rotatable bonds is 5. The molecule has 5 heteroatoms. The molecule has 0 aliphatic heterocycles. The van der Waals surface area contributed by atoms with Crippen LogP contribution < -0.4 is 0 Å². The lowest BCUT2D eigenvalue weighted by Crippen LogP contribution is -2.32. The summed E-state index contributed by atoms with van der Waals surface area (Å²) in [4.78, 5) is 18.9. The highest BCUT2D eigenvalue weighted by molar-refractivity contribution is 5.93. The van der Waals surface area contributed by atoms with Gasteiger partial charge in [-0.15, -0.1) is 0 Å². The Balaban J connectivity index is 1.56. The van der Waals surface area contributed by atoms with Crippen LogP contribution in [0.15, 0.2) is 60.9 Å². The van der Waals surface area contributed by atoms with Crippen LogP contribution in [0.2, 0.25) is 0 Å². The lowest BCUT2D eigenvalue weighted by Gasteiger charge is -2.21. The summed E-state index contributed by atoms with van der Waals surface area (Å²) >= 11 is 0. The number of hydrogen-bond acceptors (Lipinski definition) is 3. The van der Waals surface area contributed by atoms with Gasteiger partial charge in [0.05, 0.1) is 5.69 Å². The molecule has 4 rings (SSSR count). The van der Waals surface area contributed by atoms with Gasteiger partial charge in [0.1, 0.15) is 5.69 Å². The maximum Gasteiger partial charge on any atom is 0.272 e. The highest BCUT2D eigenvalue weighted by Crippen LogP contribution is 2.30. The van der Waals surface area contributed by atoms with E-state index in [-0.39, 0.29) is 5.91 Å². The minimum Gasteiger partial charge on any atom is -0.330 e. The standard InChI is InChI=1S/C19H18N4O/c24-19(18-12-17(21-22-18)15-4-2-1-3-5-15)23(16-6-7-16)13-14-8-10-20-11-9-14/h1-5,8-12,16H,6-7,13H2,(H,21,22). The number of H-pyrrole nitrogens is 1. The summed E-state index contributed by atoms with van der Waals surface area (Å²) in [5, 5.41) is 7.19. The zero-order chi connectivity index (χ0) is 16.4. The monoisotopic (exact) mass is 318 g/mol. The molecule has 0 spiro atoms. The largest absolute Gasteiger partial charge is 0.330 e. The Hall–Kier alpha value is -2.95. The van der Waals surface area contributed by atoms with E-state index in [0.29, 0.717) is 18.3 Å². The van der Waals surface area contributed by atoms with Gasteiger partial charge in [0.25, 0.3) is 5.91 Å². The van der Waals surface area contributed by atoms with Crippen molar-refractivity contribution in [2.45, 2.75) is 25.4 Å². The van der Waals surface area contributed by atoms with E-state index in [9.17, 15) is 4.79 Å². The van der Waals surface area contributed by atoms with Gasteiger partial charge < -0.3 is 4.90 Å². The smallest absolute Gasteiger partial charge is 0.272 e. The van der Waals surface area contributed by atoms with Gasteiger partial charge in [-0.25, -0.2) is 0 Å². The molecule has 1 aliphatic rings. The molecule has 0 unspecified atom stereocenters. The van der Waals surface area contributed by atoms with E-state index in [1.54, 1.807) is 12.4 Å². The van der Waals surface area contributed by atoms with Crippen LogP contribution in [0.1, 0.15) is 28.9 Å². The maximum atomic E-state index is 12.9. The van der Waals surface area contributed by atoms with Gasteiger partial charge in [0.15, 0.2) is 0 Å². The van der Waals surface area contributed by atoms with Crippen LogP contribution in [0.4, 0.5) is 0 Å². The first-order chi connectivity index (χ1) is 11.8. The van der Waals surface area contributed by atoms with Crippen LogP contribution in [0.25, 0.3) is 11.3 Å². The quantitative estimate of drug-likeness (QED) is 0.785. The summed E-state index contributed by atoms with van der Waals surface area (Å²) in [5.41, 5.74) is 3.42. The molecule has 1 aromatic carbocycles. The minimum absolute atomic E-state index is 0.00370. The summed E-state index contributed by atoms with van der Waals surface area (Å²) < 4.78 is 0. The number of amides is 1. The second kappa shape index (κ2) is 6.28. The lowest BCUT2D eigenvalue weighted by molar-refractivity contribution is 0.0724. The van der Waals surface area contributed by atoms with Crippen molar-refractivity contribution in [1.29, 1.82) is 0 Å². The number of nitrogens with one attached hydrogen (secondary N) is 1. The van der Waals surface area contributed by atoms with Crippen LogP contribution in [-0.2, 0) is 6.54 Å². The van der Waals surface area contributed by atoms with E-state index in [1.807, 2.05) is 53.4 Å². The first kappa shape index (κ1) is 14.6. The highest BCUT2D eigenvalue weighted by atomic mass is 16.2. The van der Waals surface area contributed by atoms with Crippen molar-refractivity contribution >= 4 is 5.91 Å². The van der Waals surface area contributed by atoms with Crippen LogP contribution >= 0.6 is 0 Å². The van der Waals surface area contributed by atoms with E-state index >= 15 is 0 Å². The number of nitrogens with zero attached hydrogens (tertiary/aromatic N) is 3. The summed E-state index contributed by atoms with van der Waals surface area (Å²) in [6.07, 6.45) is 5.65. The topological polar surface area (TPSA) is 61.9 Å². The number of carbonyl (C=O) groups is 1. The molecular weight excluding hydrogens is 300 g/mol. The van der Waals surface area contributed by atoms with Crippen LogP contribution in [-0.4, -0.2) is 32.0 Å². The Bertz CT molecular complexity index is 825. The lowest BCUT2D eigenvalue weighted by atomic mass is 10.1. The Kier molecular flexibility index (Phi) is 3.83. The van der Waals surface area contributed by atoms with Crippen LogP contribution in [0.5, 0.6) is 0 Å². The number of hydrogen-bond donors (Lipinski definition) is 1. The van der Waals surface area contributed by atoms with Gasteiger partial charge in [-0.1, -0.05) is 30.3 Å². The average molecular weight is 318 g/mol. The second-order valence-electron chi connectivity index (χ2n) is 6.05. The van der Waals surface area contributed by atoms with Crippen molar-refractivity contribution in [3.05, 3.63) is 72.2 Å². The molecule has 0 radical (unpaired) electrons. The van der Waals surface area contributed by atoms with Crippen LogP contribution in [0, 0.1) is 0 Å². The molecule has 1 aliphatic carbocycles. The zero-order valence-electron chi connectivity index (χ0n) is 13.2. The molecule has 0 atom stereocenters. The molecule has 5 nitrogen and oxygen atoms in total. The number of aromatic amines is 1. The minimum atomic E-state index is 0.00370. The summed E-state index contributed by atoms with van der Waals surface area (Å²) in [6, 6.07) is 15.9. The van der Waals surface area contributed by atoms with Crippen LogP contribution in [0.3, 0.4) is 0 Å². The Labute approximate surface area is 140 Å². The Morgan fingerprint density at radius 2 is 1.88 bits per heavy atom. The van der Waals surface area contributed by atoms with Crippen molar-refractivity contribution < 1.29 is 4.79 Å². The van der Waals surface area contributed by atoms with E-state index in [4.69, 9.17) is 0 Å². The number of carbonyl (C=O) groups excluding carboxylic acids is 1. The molecule has 120 valence electrons. The predicted octanol–water partition coefficient (Wildman–Crippen LogP) is 3.28. The molecule has 0 saturated heterocycles. The number of benzene rings is 1. The van der Waals surface area contributed by atoms with Crippen molar-refractivity contribution in [2.24, 2.45) is 0 Å². The first-order valence-electron chi connectivity index (χ1n) is 8.12. The van der Waals surface area contributed by atoms with Crippen molar-refractivity contribution in [2.75, 3.05) is 0 Å². The molecule has 0 bridgehead atoms. The number of aromatic nitrogens is 3. The summed E-state index contributed by atoms with van der Waals surface area (Å²) in [6.45, 7) is 0.603. The fourth-order valence-electron chi connectivity index (χ4n) is 2.78. The van der Waals surface area contributed by atoms with Gasteiger partial charge in [0, 0.05) is 30.5 Å². The fourth-order valence-corrected chi connectivity index (χ4v) is 2.78. The molecular formula is C19H18N4O. The van der Waals surface area contributed by atoms with E-state index in [0.717, 1.165) is 29.7 Å². The van der Waals surface area contributed by atoms with Gasteiger partial charge in [-0.05, 0) is 36.6 Å². The van der Waals surface area contributed by atoms with E-state index < -0.39 is 0 Å². The molecule has 1 saturated carbocycles. The first-order valence-corrected chi connectivity index (χ1v) is 8.12. The fraction of sp³-hybridized carbons (Fsp3) is 0.211. The highest BCUT2D eigenvalue weighted by Gasteiger charge is 2.33. The summed E-state index contributed by atoms with van der Waals surface area (Å²) in [7, 11) is 0. The molecule has 2 heterocycles. The molecule has 3 aromatic rings. The SMILES string of the molecule is O=C(c1cc(-c2ccccc2)n[nH]1)N(Cc1ccncc1)C1CC1. The summed E-state index contributed by atoms with van der Waals surface area (Å²) in [5.74, 6) is 0.00370. The molecule has 1 amide bonds. The zero-order valence-corrected chi connectivity index (χ0v) is 13.2. The van der Waals surface area contributed by atoms with Gasteiger partial charge in [-0.2, -0.15) is 5.10 Å². The third kappa shape index (κ3) is 3.06. The van der Waals surface area contributed by atoms with Crippen molar-refractivity contribution in [3.63, 3.8) is 0 Å². The van der Waals surface area contributed by atoms with E-state index in [2.05, 4.69) is 15.2 Å². The molecule has 1 fully saturated rings. The third-order valence-corrected chi connectivity index (χ3v) is 4.23. The van der Waals surface area contributed by atoms with E-state index in [1.165, 1.54) is 0 Å². The Morgan fingerprint density at radius 1 is 1.12 bits per heavy atom. The number of pyridine rings is 1.